The second-order valence-electron chi connectivity index (χ2n) is 8.14. The summed E-state index contributed by atoms with van der Waals surface area (Å²) in [6.07, 6.45) is 0. The number of thiophene rings is 1. The number of ether oxygens (including phenoxy) is 2. The number of nitrogens with one attached hydrogen (secondary N) is 1. The molecule has 0 spiro atoms. The first kappa shape index (κ1) is 25.5. The van der Waals surface area contributed by atoms with Crippen LogP contribution in [0.25, 0.3) is 0 Å². The molecule has 0 aliphatic heterocycles. The Bertz CT molecular complexity index is 1340. The minimum absolute atomic E-state index is 0.0587. The standard InChI is InChI=1S/C29H26ClNO4S/c1-3-34-29(33)25-17-26(19(2)21-9-5-4-6-10-21)36-28(25)31-27(32)22-11-7-8-20(16-22)18-35-24-14-12-23(30)13-15-24/h4-17,19H,3,18H2,1-2H3,(H,31,32). The first-order valence-corrected chi connectivity index (χ1v) is 12.8. The molecule has 0 bridgehead atoms. The molecule has 0 saturated heterocycles. The van der Waals surface area contributed by atoms with E-state index in [9.17, 15) is 9.59 Å². The van der Waals surface area contributed by atoms with E-state index >= 15 is 0 Å². The first-order chi connectivity index (χ1) is 17.4. The van der Waals surface area contributed by atoms with Crippen LogP contribution < -0.4 is 10.1 Å². The molecule has 1 amide bonds. The van der Waals surface area contributed by atoms with Crippen LogP contribution in [0.3, 0.4) is 0 Å². The average Bonchev–Trinajstić information content (AvgIpc) is 3.32. The van der Waals surface area contributed by atoms with Gasteiger partial charge in [-0.05, 0) is 60.5 Å². The molecule has 0 aliphatic carbocycles. The molecular formula is C29H26ClNO4S. The molecule has 0 aliphatic rings. The highest BCUT2D eigenvalue weighted by atomic mass is 35.5. The van der Waals surface area contributed by atoms with Gasteiger partial charge in [-0.2, -0.15) is 0 Å². The van der Waals surface area contributed by atoms with Crippen molar-refractivity contribution in [3.63, 3.8) is 0 Å². The van der Waals surface area contributed by atoms with E-state index in [-0.39, 0.29) is 18.4 Å². The minimum atomic E-state index is -0.458. The molecule has 4 aromatic rings. The van der Waals surface area contributed by atoms with E-state index in [0.717, 1.165) is 16.0 Å². The van der Waals surface area contributed by atoms with Gasteiger partial charge in [0.2, 0.25) is 0 Å². The van der Waals surface area contributed by atoms with Crippen molar-refractivity contribution in [3.05, 3.63) is 117 Å². The summed E-state index contributed by atoms with van der Waals surface area (Å²) in [4.78, 5) is 26.8. The van der Waals surface area contributed by atoms with Gasteiger partial charge < -0.3 is 14.8 Å². The molecular weight excluding hydrogens is 494 g/mol. The molecule has 3 aromatic carbocycles. The van der Waals surface area contributed by atoms with E-state index in [0.29, 0.717) is 33.5 Å². The number of hydrogen-bond donors (Lipinski definition) is 1. The first-order valence-electron chi connectivity index (χ1n) is 11.6. The predicted octanol–water partition coefficient (Wildman–Crippen LogP) is 7.56. The van der Waals surface area contributed by atoms with Crippen LogP contribution >= 0.6 is 22.9 Å². The zero-order valence-electron chi connectivity index (χ0n) is 20.0. The highest BCUT2D eigenvalue weighted by Gasteiger charge is 2.22. The van der Waals surface area contributed by atoms with Gasteiger partial charge in [-0.1, -0.05) is 61.0 Å². The smallest absolute Gasteiger partial charge is 0.341 e. The Kier molecular flexibility index (Phi) is 8.41. The van der Waals surface area contributed by atoms with Crippen molar-refractivity contribution < 1.29 is 19.1 Å². The van der Waals surface area contributed by atoms with Gasteiger partial charge >= 0.3 is 5.97 Å². The van der Waals surface area contributed by atoms with Crippen molar-refractivity contribution >= 4 is 39.8 Å². The number of carbonyl (C=O) groups is 2. The maximum absolute atomic E-state index is 13.1. The summed E-state index contributed by atoms with van der Waals surface area (Å²) in [7, 11) is 0. The Morgan fingerprint density at radius 1 is 0.972 bits per heavy atom. The Morgan fingerprint density at radius 3 is 2.44 bits per heavy atom. The van der Waals surface area contributed by atoms with Crippen LogP contribution in [0.4, 0.5) is 5.00 Å². The summed E-state index contributed by atoms with van der Waals surface area (Å²) < 4.78 is 11.0. The summed E-state index contributed by atoms with van der Waals surface area (Å²) in [6, 6.07) is 26.1. The zero-order valence-corrected chi connectivity index (χ0v) is 21.6. The van der Waals surface area contributed by atoms with Gasteiger partial charge in [0.05, 0.1) is 12.2 Å². The Labute approximate surface area is 219 Å². The lowest BCUT2D eigenvalue weighted by Gasteiger charge is -2.10. The third-order valence-electron chi connectivity index (χ3n) is 5.61. The van der Waals surface area contributed by atoms with E-state index < -0.39 is 5.97 Å². The number of amides is 1. The van der Waals surface area contributed by atoms with Crippen molar-refractivity contribution in [2.75, 3.05) is 11.9 Å². The van der Waals surface area contributed by atoms with Crippen molar-refractivity contribution in [1.29, 1.82) is 0 Å². The van der Waals surface area contributed by atoms with E-state index in [4.69, 9.17) is 21.1 Å². The lowest BCUT2D eigenvalue weighted by molar-refractivity contribution is 0.0528. The molecule has 0 saturated carbocycles. The highest BCUT2D eigenvalue weighted by molar-refractivity contribution is 7.16. The molecule has 7 heteroatoms. The van der Waals surface area contributed by atoms with Gasteiger partial charge in [0, 0.05) is 21.4 Å². The number of anilines is 1. The molecule has 0 radical (unpaired) electrons. The zero-order chi connectivity index (χ0) is 25.5. The molecule has 1 unspecified atom stereocenters. The van der Waals surface area contributed by atoms with Gasteiger partial charge in [0.25, 0.3) is 5.91 Å². The summed E-state index contributed by atoms with van der Waals surface area (Å²) in [5, 5.41) is 4.03. The molecule has 5 nitrogen and oxygen atoms in total. The summed E-state index contributed by atoms with van der Waals surface area (Å²) in [5.74, 6) is -0.0225. The summed E-state index contributed by atoms with van der Waals surface area (Å²) >= 11 is 7.31. The lowest BCUT2D eigenvalue weighted by Crippen LogP contribution is -2.14. The quantitative estimate of drug-likeness (QED) is 0.232. The number of halogens is 1. The number of hydrogen-bond acceptors (Lipinski definition) is 5. The van der Waals surface area contributed by atoms with Crippen LogP contribution in [0, 0.1) is 0 Å². The van der Waals surface area contributed by atoms with Gasteiger partial charge in [0.1, 0.15) is 17.4 Å². The summed E-state index contributed by atoms with van der Waals surface area (Å²) in [6.45, 7) is 4.38. The van der Waals surface area contributed by atoms with Crippen LogP contribution in [0.15, 0.2) is 84.9 Å². The van der Waals surface area contributed by atoms with Crippen LogP contribution in [0.1, 0.15) is 56.5 Å². The van der Waals surface area contributed by atoms with Gasteiger partial charge in [-0.25, -0.2) is 4.79 Å². The SMILES string of the molecule is CCOC(=O)c1cc(C(C)c2ccccc2)sc1NC(=O)c1cccc(COc2ccc(Cl)cc2)c1. The number of esters is 1. The fraction of sp³-hybridized carbons (Fsp3) is 0.172. The van der Waals surface area contributed by atoms with E-state index in [1.165, 1.54) is 11.3 Å². The third kappa shape index (κ3) is 6.33. The number of benzene rings is 3. The maximum atomic E-state index is 13.1. The lowest BCUT2D eigenvalue weighted by atomic mass is 9.99. The van der Waals surface area contributed by atoms with Gasteiger partial charge in [0.15, 0.2) is 0 Å². The molecule has 0 fully saturated rings. The van der Waals surface area contributed by atoms with Crippen molar-refractivity contribution in [2.45, 2.75) is 26.4 Å². The molecule has 1 heterocycles. The molecule has 36 heavy (non-hydrogen) atoms. The molecule has 4 rings (SSSR count). The fourth-order valence-electron chi connectivity index (χ4n) is 3.66. The second kappa shape index (κ2) is 11.9. The van der Waals surface area contributed by atoms with E-state index in [1.54, 1.807) is 49.4 Å². The molecule has 1 N–H and O–H groups in total. The van der Waals surface area contributed by atoms with Crippen molar-refractivity contribution in [1.82, 2.24) is 0 Å². The van der Waals surface area contributed by atoms with Crippen LogP contribution in [-0.2, 0) is 11.3 Å². The molecule has 1 aromatic heterocycles. The monoisotopic (exact) mass is 519 g/mol. The fourth-order valence-corrected chi connectivity index (χ4v) is 4.91. The topological polar surface area (TPSA) is 64.6 Å². The Hall–Kier alpha value is -3.61. The van der Waals surface area contributed by atoms with Gasteiger partial charge in [-0.15, -0.1) is 11.3 Å². The maximum Gasteiger partial charge on any atom is 0.341 e. The molecule has 184 valence electrons. The van der Waals surface area contributed by atoms with Gasteiger partial charge in [-0.3, -0.25) is 4.79 Å². The summed E-state index contributed by atoms with van der Waals surface area (Å²) in [5.41, 5.74) is 2.79. The van der Waals surface area contributed by atoms with E-state index in [2.05, 4.69) is 12.2 Å². The molecule has 1 atom stereocenters. The van der Waals surface area contributed by atoms with E-state index in [1.807, 2.05) is 42.5 Å². The highest BCUT2D eigenvalue weighted by Crippen LogP contribution is 2.36. The normalized spacial score (nSPS) is 11.5. The Morgan fingerprint density at radius 2 is 1.72 bits per heavy atom. The minimum Gasteiger partial charge on any atom is -0.489 e. The van der Waals surface area contributed by atoms with Crippen molar-refractivity contribution in [2.24, 2.45) is 0 Å². The van der Waals surface area contributed by atoms with Crippen LogP contribution in [0.5, 0.6) is 5.75 Å². The largest absolute Gasteiger partial charge is 0.489 e. The number of rotatable bonds is 9. The van der Waals surface area contributed by atoms with Crippen LogP contribution in [-0.4, -0.2) is 18.5 Å². The predicted molar refractivity (Wildman–Crippen MR) is 144 cm³/mol. The van der Waals surface area contributed by atoms with Crippen molar-refractivity contribution in [3.8, 4) is 5.75 Å². The third-order valence-corrected chi connectivity index (χ3v) is 7.09. The number of carbonyl (C=O) groups excluding carboxylic acids is 2. The van der Waals surface area contributed by atoms with Crippen LogP contribution in [0.2, 0.25) is 5.02 Å². The Balaban J connectivity index is 1.52. The average molecular weight is 520 g/mol. The second-order valence-corrected chi connectivity index (χ2v) is 9.66.